The number of ether oxygens (including phenoxy) is 1. The minimum atomic E-state index is -0.186. The molecule has 2 aliphatic heterocycles. The number of hydrogen-bond donors (Lipinski definition) is 2. The summed E-state index contributed by atoms with van der Waals surface area (Å²) in [5, 5.41) is 19.9. The first-order valence-electron chi connectivity index (χ1n) is 7.36. The van der Waals surface area contributed by atoms with Gasteiger partial charge in [-0.1, -0.05) is 24.3 Å². The van der Waals surface area contributed by atoms with Gasteiger partial charge in [-0.15, -0.1) is 6.58 Å². The van der Waals surface area contributed by atoms with E-state index in [1.165, 1.54) is 17.2 Å². The van der Waals surface area contributed by atoms with Gasteiger partial charge in [0, 0.05) is 36.7 Å². The molecule has 0 radical (unpaired) electrons. The lowest BCUT2D eigenvalue weighted by molar-refractivity contribution is 0.254. The maximum atomic E-state index is 10.1. The van der Waals surface area contributed by atoms with Gasteiger partial charge in [-0.25, -0.2) is 0 Å². The highest BCUT2D eigenvalue weighted by Crippen LogP contribution is 2.52. The van der Waals surface area contributed by atoms with Gasteiger partial charge in [0.05, 0.1) is 0 Å². The monoisotopic (exact) mass is 295 g/mol. The zero-order chi connectivity index (χ0) is 15.3. The van der Waals surface area contributed by atoms with Gasteiger partial charge < -0.3 is 14.9 Å². The molecular formula is C18H17NO3. The Balaban J connectivity index is 1.90. The fraction of sp³-hybridized carbons (Fsp3) is 0.222. The van der Waals surface area contributed by atoms with E-state index in [-0.39, 0.29) is 17.4 Å². The van der Waals surface area contributed by atoms with E-state index in [0.29, 0.717) is 5.75 Å². The Hall–Kier alpha value is -2.46. The van der Waals surface area contributed by atoms with Crippen LogP contribution in [0, 0.1) is 0 Å². The summed E-state index contributed by atoms with van der Waals surface area (Å²) >= 11 is 0. The molecule has 2 aromatic carbocycles. The maximum Gasteiger partial charge on any atom is 0.201 e. The Morgan fingerprint density at radius 1 is 1.27 bits per heavy atom. The molecule has 1 atom stereocenters. The lowest BCUT2D eigenvalue weighted by Gasteiger charge is -2.38. The van der Waals surface area contributed by atoms with Crippen LogP contribution in [-0.4, -0.2) is 28.2 Å². The molecule has 112 valence electrons. The summed E-state index contributed by atoms with van der Waals surface area (Å²) in [6.45, 7) is 6.36. The Morgan fingerprint density at radius 3 is 2.95 bits per heavy atom. The van der Waals surface area contributed by atoms with Crippen LogP contribution in [0.25, 0.3) is 0 Å². The molecular weight excluding hydrogens is 278 g/mol. The predicted octanol–water partition coefficient (Wildman–Crippen LogP) is 3.34. The third-order valence-corrected chi connectivity index (χ3v) is 4.45. The first kappa shape index (κ1) is 13.2. The molecule has 0 spiro atoms. The molecule has 2 N–H and O–H groups in total. The van der Waals surface area contributed by atoms with Crippen LogP contribution in [0.3, 0.4) is 0 Å². The molecule has 2 heterocycles. The van der Waals surface area contributed by atoms with Crippen molar-refractivity contribution >= 4 is 0 Å². The van der Waals surface area contributed by atoms with Crippen molar-refractivity contribution < 1.29 is 14.9 Å². The van der Waals surface area contributed by atoms with Crippen LogP contribution in [0.2, 0.25) is 0 Å². The quantitative estimate of drug-likeness (QED) is 0.659. The molecule has 0 saturated carbocycles. The molecule has 2 aliphatic rings. The molecule has 4 nitrogen and oxygen atoms in total. The fourth-order valence-electron chi connectivity index (χ4n) is 3.51. The van der Waals surface area contributed by atoms with Crippen molar-refractivity contribution in [3.8, 4) is 23.0 Å². The van der Waals surface area contributed by atoms with Crippen molar-refractivity contribution in [3.63, 3.8) is 0 Å². The van der Waals surface area contributed by atoms with E-state index in [1.54, 1.807) is 0 Å². The molecule has 2 aromatic rings. The summed E-state index contributed by atoms with van der Waals surface area (Å²) in [6.07, 6.45) is 1.91. The third-order valence-electron chi connectivity index (χ3n) is 4.45. The summed E-state index contributed by atoms with van der Waals surface area (Å²) in [5.74, 6) is 0.936. The molecule has 0 saturated heterocycles. The van der Waals surface area contributed by atoms with Gasteiger partial charge in [-0.3, -0.25) is 4.90 Å². The summed E-state index contributed by atoms with van der Waals surface area (Å²) < 4.78 is 5.88. The van der Waals surface area contributed by atoms with Crippen molar-refractivity contribution in [1.29, 1.82) is 0 Å². The summed E-state index contributed by atoms with van der Waals surface area (Å²) in [4.78, 5) is 2.32. The molecule has 0 amide bonds. The second-order valence-corrected chi connectivity index (χ2v) is 5.82. The second-order valence-electron chi connectivity index (χ2n) is 5.82. The highest BCUT2D eigenvalue weighted by atomic mass is 16.5. The van der Waals surface area contributed by atoms with Crippen molar-refractivity contribution in [2.45, 2.75) is 12.5 Å². The van der Waals surface area contributed by atoms with Gasteiger partial charge in [0.1, 0.15) is 5.75 Å². The van der Waals surface area contributed by atoms with Gasteiger partial charge in [-0.2, -0.15) is 0 Å². The van der Waals surface area contributed by atoms with Crippen LogP contribution in [0.15, 0.2) is 43.0 Å². The standard InChI is InChI=1S/C18H17NO3/c1-2-8-19-9-11-4-3-5-15-16(11)13(10-19)12-6-7-14(20)17(21)18(12)22-15/h2-7,13,20-21H,1,8-10H2. The van der Waals surface area contributed by atoms with Gasteiger partial charge in [0.15, 0.2) is 11.5 Å². The van der Waals surface area contributed by atoms with Crippen molar-refractivity contribution in [3.05, 3.63) is 59.7 Å². The minimum absolute atomic E-state index is 0.134. The van der Waals surface area contributed by atoms with Crippen molar-refractivity contribution in [2.75, 3.05) is 13.1 Å². The van der Waals surface area contributed by atoms with Crippen molar-refractivity contribution in [1.82, 2.24) is 4.90 Å². The number of rotatable bonds is 2. The Labute approximate surface area is 128 Å². The summed E-state index contributed by atoms with van der Waals surface area (Å²) in [6, 6.07) is 9.37. The Bertz CT molecular complexity index is 769. The molecule has 1 unspecified atom stereocenters. The Kier molecular flexibility index (Phi) is 2.87. The summed E-state index contributed by atoms with van der Waals surface area (Å²) in [5.41, 5.74) is 3.36. The number of nitrogens with zero attached hydrogens (tertiary/aromatic N) is 1. The highest BCUT2D eigenvalue weighted by Gasteiger charge is 2.36. The van der Waals surface area contributed by atoms with E-state index in [2.05, 4.69) is 17.5 Å². The van der Waals surface area contributed by atoms with Crippen LogP contribution in [0.5, 0.6) is 23.0 Å². The van der Waals surface area contributed by atoms with Gasteiger partial charge in [-0.05, 0) is 17.7 Å². The van der Waals surface area contributed by atoms with Crippen molar-refractivity contribution in [2.24, 2.45) is 0 Å². The third kappa shape index (κ3) is 1.81. The minimum Gasteiger partial charge on any atom is -0.504 e. The van der Waals surface area contributed by atoms with Crippen LogP contribution >= 0.6 is 0 Å². The van der Waals surface area contributed by atoms with E-state index < -0.39 is 0 Å². The van der Waals surface area contributed by atoms with E-state index in [0.717, 1.165) is 30.9 Å². The average Bonchev–Trinajstić information content (AvgIpc) is 2.52. The molecule has 4 heteroatoms. The smallest absolute Gasteiger partial charge is 0.201 e. The number of fused-ring (bicyclic) bond motifs is 2. The molecule has 0 aromatic heterocycles. The lowest BCUT2D eigenvalue weighted by Crippen LogP contribution is -2.35. The fourth-order valence-corrected chi connectivity index (χ4v) is 3.51. The number of hydrogen-bond acceptors (Lipinski definition) is 4. The molecule has 22 heavy (non-hydrogen) atoms. The molecule has 0 bridgehead atoms. The molecule has 0 fully saturated rings. The first-order valence-corrected chi connectivity index (χ1v) is 7.36. The van der Waals surface area contributed by atoms with Gasteiger partial charge in [0.2, 0.25) is 5.75 Å². The molecule has 0 aliphatic carbocycles. The Morgan fingerprint density at radius 2 is 2.14 bits per heavy atom. The summed E-state index contributed by atoms with van der Waals surface area (Å²) in [7, 11) is 0. The number of phenols is 2. The van der Waals surface area contributed by atoms with Crippen LogP contribution < -0.4 is 4.74 Å². The highest BCUT2D eigenvalue weighted by molar-refractivity contribution is 5.64. The topological polar surface area (TPSA) is 52.9 Å². The normalized spacial score (nSPS) is 19.0. The zero-order valence-corrected chi connectivity index (χ0v) is 12.1. The van der Waals surface area contributed by atoms with E-state index in [4.69, 9.17) is 4.74 Å². The van der Waals surface area contributed by atoms with E-state index in [1.807, 2.05) is 24.3 Å². The first-order chi connectivity index (χ1) is 10.7. The largest absolute Gasteiger partial charge is 0.504 e. The lowest BCUT2D eigenvalue weighted by atomic mass is 9.82. The van der Waals surface area contributed by atoms with Crippen LogP contribution in [0.4, 0.5) is 0 Å². The number of aromatic hydroxyl groups is 2. The number of benzene rings is 2. The average molecular weight is 295 g/mol. The van der Waals surface area contributed by atoms with Crippen LogP contribution in [-0.2, 0) is 6.54 Å². The van der Waals surface area contributed by atoms with Gasteiger partial charge >= 0.3 is 0 Å². The predicted molar refractivity (Wildman–Crippen MR) is 83.6 cm³/mol. The van der Waals surface area contributed by atoms with E-state index in [9.17, 15) is 10.2 Å². The van der Waals surface area contributed by atoms with E-state index >= 15 is 0 Å². The van der Waals surface area contributed by atoms with Crippen LogP contribution in [0.1, 0.15) is 22.6 Å². The maximum absolute atomic E-state index is 10.1. The zero-order valence-electron chi connectivity index (χ0n) is 12.1. The molecule has 4 rings (SSSR count). The van der Waals surface area contributed by atoms with Gasteiger partial charge in [0.25, 0.3) is 0 Å². The number of phenolic OH excluding ortho intramolecular Hbond substituents is 2. The SMILES string of the molecule is C=CCN1Cc2cccc3c2C(C1)c1ccc(O)c(O)c1O3. The second kappa shape index (κ2) is 4.78.